The summed E-state index contributed by atoms with van der Waals surface area (Å²) in [4.78, 5) is 20.6. The van der Waals surface area contributed by atoms with Crippen LogP contribution in [0.1, 0.15) is 22.8 Å². The zero-order chi connectivity index (χ0) is 29.8. The summed E-state index contributed by atoms with van der Waals surface area (Å²) in [6, 6.07) is 0.240. The normalized spacial score (nSPS) is 19.6. The van der Waals surface area contributed by atoms with E-state index >= 15 is 0 Å². The minimum Gasteiger partial charge on any atom is -0.480 e. The Hall–Kier alpha value is -3.74. The molecule has 1 unspecified atom stereocenters. The van der Waals surface area contributed by atoms with E-state index in [1.807, 2.05) is 0 Å². The molecule has 0 saturated carbocycles. The lowest BCUT2D eigenvalue weighted by Crippen LogP contribution is -2.45. The van der Waals surface area contributed by atoms with Crippen LogP contribution >= 0.6 is 0 Å². The van der Waals surface area contributed by atoms with Crippen LogP contribution in [0.5, 0.6) is 5.88 Å². The van der Waals surface area contributed by atoms with Gasteiger partial charge in [0.2, 0.25) is 15.9 Å². The smallest absolute Gasteiger partial charge is 0.418 e. The highest BCUT2D eigenvalue weighted by atomic mass is 32.2. The maximum Gasteiger partial charge on any atom is 0.418 e. The van der Waals surface area contributed by atoms with E-state index in [0.717, 1.165) is 30.2 Å². The number of nitrogens with zero attached hydrogens (tertiary/aromatic N) is 5. The number of halogens is 7. The molecule has 0 bridgehead atoms. The molecule has 1 saturated heterocycles. The van der Waals surface area contributed by atoms with Crippen molar-refractivity contribution >= 4 is 27.3 Å². The fourth-order valence-corrected chi connectivity index (χ4v) is 5.62. The second-order valence-electron chi connectivity index (χ2n) is 8.77. The molecule has 3 aromatic heterocycles. The highest BCUT2D eigenvalue weighted by molar-refractivity contribution is 7.89. The number of alkyl halides is 7. The Morgan fingerprint density at radius 1 is 1.18 bits per heavy atom. The number of nitrogen functional groups attached to an aromatic ring is 1. The summed E-state index contributed by atoms with van der Waals surface area (Å²) in [7, 11) is -3.86. The van der Waals surface area contributed by atoms with Gasteiger partial charge in [0.25, 0.3) is 5.91 Å². The highest BCUT2D eigenvalue weighted by Gasteiger charge is 2.51. The van der Waals surface area contributed by atoms with Crippen LogP contribution in [0.2, 0.25) is 0 Å². The minimum absolute atomic E-state index is 0.0685. The number of carbonyl (C=O) groups is 1. The van der Waals surface area contributed by atoms with E-state index in [-0.39, 0.29) is 22.7 Å². The van der Waals surface area contributed by atoms with Crippen LogP contribution in [0, 0.1) is 0 Å². The Morgan fingerprint density at radius 2 is 1.85 bits per heavy atom. The number of sulfonamides is 1. The van der Waals surface area contributed by atoms with Crippen molar-refractivity contribution in [1.29, 1.82) is 0 Å². The second kappa shape index (κ2) is 10.0. The zero-order valence-electron chi connectivity index (χ0n) is 20.5. The van der Waals surface area contributed by atoms with Crippen molar-refractivity contribution in [3.8, 4) is 17.1 Å². The summed E-state index contributed by atoms with van der Waals surface area (Å²) in [5.74, 6) is -1.87. The molecule has 0 aromatic carbocycles. The van der Waals surface area contributed by atoms with Gasteiger partial charge in [0.1, 0.15) is 23.6 Å². The Morgan fingerprint density at radius 3 is 2.45 bits per heavy atom. The first-order valence-electron chi connectivity index (χ1n) is 11.2. The molecular formula is C21H20F7N7O4S. The first-order valence-corrected chi connectivity index (χ1v) is 12.7. The van der Waals surface area contributed by atoms with E-state index < -0.39 is 75.7 Å². The second-order valence-corrected chi connectivity index (χ2v) is 11.0. The van der Waals surface area contributed by atoms with Gasteiger partial charge in [-0.3, -0.25) is 4.79 Å². The van der Waals surface area contributed by atoms with Gasteiger partial charge in [-0.05, 0) is 19.1 Å². The molecular weight excluding hydrogens is 579 g/mol. The predicted octanol–water partition coefficient (Wildman–Crippen LogP) is 2.43. The van der Waals surface area contributed by atoms with Gasteiger partial charge in [-0.2, -0.15) is 35.7 Å². The van der Waals surface area contributed by atoms with Gasteiger partial charge in [0, 0.05) is 24.8 Å². The van der Waals surface area contributed by atoms with Gasteiger partial charge < -0.3 is 15.8 Å². The van der Waals surface area contributed by atoms with Crippen LogP contribution in [0.3, 0.4) is 0 Å². The van der Waals surface area contributed by atoms with Crippen LogP contribution in [0.15, 0.2) is 24.7 Å². The molecule has 1 fully saturated rings. The molecule has 4 rings (SSSR count). The van der Waals surface area contributed by atoms with Gasteiger partial charge in [-0.25, -0.2) is 27.3 Å². The third-order valence-corrected chi connectivity index (χ3v) is 8.45. The molecule has 0 aliphatic carbocycles. The molecule has 0 spiro atoms. The van der Waals surface area contributed by atoms with Crippen LogP contribution < -0.4 is 15.8 Å². The number of rotatable bonds is 6. The first-order chi connectivity index (χ1) is 18.5. The van der Waals surface area contributed by atoms with Crippen molar-refractivity contribution in [3.63, 3.8) is 0 Å². The Labute approximate surface area is 221 Å². The van der Waals surface area contributed by atoms with Crippen molar-refractivity contribution in [2.75, 3.05) is 25.9 Å². The molecule has 3 N–H and O–H groups in total. The predicted molar refractivity (Wildman–Crippen MR) is 124 cm³/mol. The van der Waals surface area contributed by atoms with E-state index in [1.54, 1.807) is 0 Å². The van der Waals surface area contributed by atoms with Crippen LogP contribution in [0.4, 0.5) is 36.6 Å². The molecule has 218 valence electrons. The maximum absolute atomic E-state index is 14.7. The molecule has 1 amide bonds. The van der Waals surface area contributed by atoms with E-state index in [1.165, 1.54) is 0 Å². The SMILES string of the molecule is COc1ncc(-c2cc(C(F)(F)F)c3c(N)ncnn23)cc1C(=O)N[C@@H]1CN(S(=O)(=O)C(C)C(F)(F)F)C[C@@H]1F. The average Bonchev–Trinajstić information content (AvgIpc) is 3.44. The van der Waals surface area contributed by atoms with E-state index in [0.29, 0.717) is 17.3 Å². The third-order valence-electron chi connectivity index (χ3n) is 6.27. The van der Waals surface area contributed by atoms with Crippen LogP contribution in [0.25, 0.3) is 16.8 Å². The number of aromatic nitrogens is 4. The molecule has 11 nitrogen and oxygen atoms in total. The lowest BCUT2D eigenvalue weighted by atomic mass is 10.1. The number of pyridine rings is 1. The van der Waals surface area contributed by atoms with Crippen LogP contribution in [-0.4, -0.2) is 82.1 Å². The van der Waals surface area contributed by atoms with E-state index in [2.05, 4.69) is 20.4 Å². The number of hydrogen-bond acceptors (Lipinski definition) is 8. The molecule has 3 aromatic rings. The number of carbonyl (C=O) groups excluding carboxylic acids is 1. The Bertz CT molecular complexity index is 1560. The monoisotopic (exact) mass is 599 g/mol. The third kappa shape index (κ3) is 5.21. The molecule has 1 aliphatic heterocycles. The summed E-state index contributed by atoms with van der Waals surface area (Å²) in [5, 5.41) is 3.19. The number of nitrogens with one attached hydrogen (secondary N) is 1. The fraction of sp³-hybridized carbons (Fsp3) is 0.429. The molecule has 3 atom stereocenters. The van der Waals surface area contributed by atoms with Crippen molar-refractivity contribution in [1.82, 2.24) is 29.2 Å². The van der Waals surface area contributed by atoms with Gasteiger partial charge in [-0.1, -0.05) is 0 Å². The lowest BCUT2D eigenvalue weighted by Gasteiger charge is -2.23. The first kappa shape index (κ1) is 29.2. The van der Waals surface area contributed by atoms with Crippen molar-refractivity contribution < 1.29 is 48.7 Å². The van der Waals surface area contributed by atoms with Gasteiger partial charge >= 0.3 is 12.4 Å². The molecule has 40 heavy (non-hydrogen) atoms. The number of hydrogen-bond donors (Lipinski definition) is 2. The number of methoxy groups -OCH3 is 1. The number of nitrogens with two attached hydrogens (primary N) is 1. The molecule has 1 aliphatic rings. The number of ether oxygens (including phenoxy) is 1. The zero-order valence-corrected chi connectivity index (χ0v) is 21.3. The largest absolute Gasteiger partial charge is 0.480 e. The summed E-state index contributed by atoms with van der Waals surface area (Å²) in [5.41, 5.74) is 3.28. The quantitative estimate of drug-likeness (QED) is 0.411. The van der Waals surface area contributed by atoms with Crippen molar-refractivity contribution in [2.24, 2.45) is 0 Å². The van der Waals surface area contributed by atoms with Gasteiger partial charge in [0.05, 0.1) is 24.4 Å². The molecule has 0 radical (unpaired) electrons. The summed E-state index contributed by atoms with van der Waals surface area (Å²) >= 11 is 0. The minimum atomic E-state index is -5.10. The number of anilines is 1. The average molecular weight is 599 g/mol. The number of amides is 1. The topological polar surface area (TPSA) is 145 Å². The van der Waals surface area contributed by atoms with E-state index in [9.17, 15) is 43.9 Å². The maximum atomic E-state index is 14.7. The Balaban J connectivity index is 1.67. The lowest BCUT2D eigenvalue weighted by molar-refractivity contribution is -0.136. The fourth-order valence-electron chi connectivity index (χ4n) is 4.12. The highest BCUT2D eigenvalue weighted by Crippen LogP contribution is 2.39. The standard InChI is InChI=1S/C21H20F7N7O4S/c1-9(20(23,24)25)40(37,38)34-6-13(22)14(7-34)33-18(36)11-3-10(5-30-19(11)39-2)15-4-12(21(26,27)28)16-17(29)31-8-32-35(15)16/h3-5,8-9,13-14H,6-7H2,1-2H3,(H,33,36)(H2,29,31,32)/t9?,13-,14+/m0/s1. The van der Waals surface area contributed by atoms with Crippen molar-refractivity contribution in [2.45, 2.75) is 36.7 Å². The summed E-state index contributed by atoms with van der Waals surface area (Å²) in [6.45, 7) is -1.30. The molecule has 4 heterocycles. The van der Waals surface area contributed by atoms with Gasteiger partial charge in [0.15, 0.2) is 11.1 Å². The molecule has 19 heteroatoms. The Kier molecular flexibility index (Phi) is 7.33. The number of fused-ring (bicyclic) bond motifs is 1. The summed E-state index contributed by atoms with van der Waals surface area (Å²) in [6.07, 6.45) is -10.0. The van der Waals surface area contributed by atoms with Gasteiger partial charge in [-0.15, -0.1) is 0 Å². The summed E-state index contributed by atoms with van der Waals surface area (Å²) < 4.78 is 126. The van der Waals surface area contributed by atoms with Crippen molar-refractivity contribution in [3.05, 3.63) is 35.8 Å². The van der Waals surface area contributed by atoms with Crippen LogP contribution in [-0.2, 0) is 16.2 Å². The van der Waals surface area contributed by atoms with E-state index in [4.69, 9.17) is 10.5 Å².